The summed E-state index contributed by atoms with van der Waals surface area (Å²) in [7, 11) is 0. The lowest BCUT2D eigenvalue weighted by Crippen LogP contribution is -2.49. The maximum atomic E-state index is 11.0. The SMILES string of the molecule is OC1=CC2=C(CCCC2)CC1C1NC2=C(C=CCC2Br)N1C1C=CC=CC1. The Balaban J connectivity index is 1.49. The lowest BCUT2D eigenvalue weighted by molar-refractivity contribution is 0.144. The molecule has 1 heterocycles. The fourth-order valence-electron chi connectivity index (χ4n) is 5.22. The first-order chi connectivity index (χ1) is 13.2. The summed E-state index contributed by atoms with van der Waals surface area (Å²) in [5.41, 5.74) is 5.53. The summed E-state index contributed by atoms with van der Waals surface area (Å²) in [4.78, 5) is 2.84. The molecule has 1 aliphatic heterocycles. The molecule has 4 heteroatoms. The Hall–Kier alpha value is -1.68. The van der Waals surface area contributed by atoms with Gasteiger partial charge in [0.1, 0.15) is 6.17 Å². The summed E-state index contributed by atoms with van der Waals surface area (Å²) in [6.45, 7) is 0. The smallest absolute Gasteiger partial charge is 0.110 e. The predicted molar refractivity (Wildman–Crippen MR) is 113 cm³/mol. The van der Waals surface area contributed by atoms with E-state index in [1.165, 1.54) is 36.2 Å². The average Bonchev–Trinajstić information content (AvgIpc) is 3.09. The zero-order chi connectivity index (χ0) is 18.4. The lowest BCUT2D eigenvalue weighted by Gasteiger charge is -2.40. The van der Waals surface area contributed by atoms with Gasteiger partial charge in [0.25, 0.3) is 0 Å². The van der Waals surface area contributed by atoms with Crippen molar-refractivity contribution >= 4 is 15.9 Å². The molecule has 0 radical (unpaired) electrons. The quantitative estimate of drug-likeness (QED) is 0.582. The van der Waals surface area contributed by atoms with Crippen molar-refractivity contribution in [3.8, 4) is 0 Å². The van der Waals surface area contributed by atoms with Gasteiger partial charge in [0, 0.05) is 0 Å². The Morgan fingerprint density at radius 1 is 1.11 bits per heavy atom. The van der Waals surface area contributed by atoms with Crippen molar-refractivity contribution in [2.75, 3.05) is 0 Å². The van der Waals surface area contributed by atoms with Crippen molar-refractivity contribution in [2.24, 2.45) is 5.92 Å². The number of hydrogen-bond acceptors (Lipinski definition) is 3. The molecule has 27 heavy (non-hydrogen) atoms. The molecule has 142 valence electrons. The average molecular weight is 427 g/mol. The number of hydrogen-bond donors (Lipinski definition) is 2. The number of nitrogens with zero attached hydrogens (tertiary/aromatic N) is 1. The molecule has 0 aromatic rings. The van der Waals surface area contributed by atoms with Crippen LogP contribution in [-0.4, -0.2) is 27.0 Å². The summed E-state index contributed by atoms with van der Waals surface area (Å²) in [6.07, 6.45) is 23.4. The number of nitrogens with one attached hydrogen (secondary N) is 1. The molecule has 0 saturated carbocycles. The molecule has 0 spiro atoms. The van der Waals surface area contributed by atoms with Crippen molar-refractivity contribution in [2.45, 2.75) is 62.0 Å². The minimum Gasteiger partial charge on any atom is -0.512 e. The topological polar surface area (TPSA) is 35.5 Å². The molecule has 5 rings (SSSR count). The highest BCUT2D eigenvalue weighted by Crippen LogP contribution is 2.43. The fourth-order valence-corrected chi connectivity index (χ4v) is 5.80. The van der Waals surface area contributed by atoms with Gasteiger partial charge in [0.2, 0.25) is 0 Å². The molecule has 0 saturated heterocycles. The monoisotopic (exact) mass is 426 g/mol. The number of rotatable bonds is 2. The van der Waals surface area contributed by atoms with E-state index in [4.69, 9.17) is 0 Å². The van der Waals surface area contributed by atoms with Crippen molar-refractivity contribution in [3.63, 3.8) is 0 Å². The summed E-state index contributed by atoms with van der Waals surface area (Å²) >= 11 is 3.85. The summed E-state index contributed by atoms with van der Waals surface area (Å²) < 4.78 is 0. The van der Waals surface area contributed by atoms with Crippen LogP contribution in [0.25, 0.3) is 0 Å². The molecular formula is C23H27BrN2O. The first kappa shape index (κ1) is 17.4. The zero-order valence-corrected chi connectivity index (χ0v) is 17.2. The minimum absolute atomic E-state index is 0.103. The van der Waals surface area contributed by atoms with Gasteiger partial charge in [-0.3, -0.25) is 0 Å². The molecule has 2 N–H and O–H groups in total. The van der Waals surface area contributed by atoms with Crippen LogP contribution in [0, 0.1) is 5.92 Å². The van der Waals surface area contributed by atoms with E-state index in [2.05, 4.69) is 68.7 Å². The van der Waals surface area contributed by atoms with E-state index in [9.17, 15) is 5.11 Å². The normalized spacial score (nSPS) is 35.1. The highest BCUT2D eigenvalue weighted by Gasteiger charge is 2.43. The van der Waals surface area contributed by atoms with Gasteiger partial charge in [-0.2, -0.15) is 0 Å². The van der Waals surface area contributed by atoms with Gasteiger partial charge < -0.3 is 15.3 Å². The lowest BCUT2D eigenvalue weighted by atomic mass is 9.79. The van der Waals surface area contributed by atoms with Gasteiger partial charge in [-0.1, -0.05) is 51.9 Å². The molecule has 4 aliphatic carbocycles. The summed E-state index contributed by atoms with van der Waals surface area (Å²) in [6, 6.07) is 0.331. The molecule has 4 unspecified atom stereocenters. The molecule has 0 aromatic carbocycles. The first-order valence-electron chi connectivity index (χ1n) is 10.3. The van der Waals surface area contributed by atoms with Gasteiger partial charge in [-0.05, 0) is 62.7 Å². The standard InChI is InChI=1S/C23H27BrN2O/c24-19-11-6-12-20-22(19)25-23(26(20)17-9-2-1-3-10-17)18-13-15-7-4-5-8-16(15)14-21(18)27/h1-3,6,9,12,14,17-19,23,25,27H,4-5,7-8,10-11,13H2. The Morgan fingerprint density at radius 2 is 2.00 bits per heavy atom. The summed E-state index contributed by atoms with van der Waals surface area (Å²) in [5.74, 6) is 0.670. The molecule has 0 amide bonds. The van der Waals surface area contributed by atoms with Gasteiger partial charge in [0.05, 0.1) is 33.9 Å². The minimum atomic E-state index is 0.103. The highest BCUT2D eigenvalue weighted by atomic mass is 79.9. The number of alkyl halides is 1. The number of aliphatic hydroxyl groups excluding tert-OH is 1. The first-order valence-corrected chi connectivity index (χ1v) is 11.2. The van der Waals surface area contributed by atoms with Crippen LogP contribution in [0.1, 0.15) is 44.9 Å². The van der Waals surface area contributed by atoms with Crippen molar-refractivity contribution < 1.29 is 5.11 Å². The van der Waals surface area contributed by atoms with Crippen molar-refractivity contribution in [3.05, 3.63) is 70.8 Å². The third kappa shape index (κ3) is 3.02. The second kappa shape index (κ2) is 7.05. The van der Waals surface area contributed by atoms with Crippen LogP contribution in [0.2, 0.25) is 0 Å². The van der Waals surface area contributed by atoms with E-state index in [1.54, 1.807) is 5.57 Å². The van der Waals surface area contributed by atoms with Crippen LogP contribution in [-0.2, 0) is 0 Å². The maximum absolute atomic E-state index is 11.0. The van der Waals surface area contributed by atoms with Crippen molar-refractivity contribution in [1.82, 2.24) is 10.2 Å². The molecule has 5 aliphatic rings. The Kier molecular flexibility index (Phi) is 4.55. The Morgan fingerprint density at radius 3 is 2.85 bits per heavy atom. The van der Waals surface area contributed by atoms with Gasteiger partial charge in [-0.25, -0.2) is 0 Å². The van der Waals surface area contributed by atoms with Crippen LogP contribution >= 0.6 is 15.9 Å². The number of allylic oxidation sites excluding steroid dienone is 8. The van der Waals surface area contributed by atoms with Crippen LogP contribution in [0.5, 0.6) is 0 Å². The van der Waals surface area contributed by atoms with Crippen molar-refractivity contribution in [1.29, 1.82) is 0 Å². The molecule has 4 atom stereocenters. The van der Waals surface area contributed by atoms with Crippen LogP contribution in [0.15, 0.2) is 70.8 Å². The van der Waals surface area contributed by atoms with Gasteiger partial charge in [0.15, 0.2) is 0 Å². The van der Waals surface area contributed by atoms with Crippen LogP contribution < -0.4 is 5.32 Å². The maximum Gasteiger partial charge on any atom is 0.110 e. The Labute approximate surface area is 170 Å². The molecular weight excluding hydrogens is 400 g/mol. The molecule has 0 aromatic heterocycles. The van der Waals surface area contributed by atoms with E-state index in [0.717, 1.165) is 25.7 Å². The zero-order valence-electron chi connectivity index (χ0n) is 15.6. The van der Waals surface area contributed by atoms with Gasteiger partial charge in [-0.15, -0.1) is 0 Å². The van der Waals surface area contributed by atoms with E-state index in [0.29, 0.717) is 16.6 Å². The molecule has 3 nitrogen and oxygen atoms in total. The fraction of sp³-hybridized carbons (Fsp3) is 0.478. The number of halogens is 1. The van der Waals surface area contributed by atoms with E-state index in [1.807, 2.05) is 0 Å². The second-order valence-corrected chi connectivity index (χ2v) is 9.34. The van der Waals surface area contributed by atoms with Gasteiger partial charge >= 0.3 is 0 Å². The number of aliphatic hydroxyl groups is 1. The van der Waals surface area contributed by atoms with E-state index in [-0.39, 0.29) is 12.1 Å². The highest BCUT2D eigenvalue weighted by molar-refractivity contribution is 9.09. The Bertz CT molecular complexity index is 816. The molecule has 0 fully saturated rings. The van der Waals surface area contributed by atoms with Crippen LogP contribution in [0.3, 0.4) is 0 Å². The third-order valence-electron chi connectivity index (χ3n) is 6.58. The predicted octanol–water partition coefficient (Wildman–Crippen LogP) is 5.37. The summed E-state index contributed by atoms with van der Waals surface area (Å²) in [5, 5.41) is 14.8. The molecule has 0 bridgehead atoms. The third-order valence-corrected chi connectivity index (χ3v) is 7.41. The van der Waals surface area contributed by atoms with E-state index >= 15 is 0 Å². The van der Waals surface area contributed by atoms with E-state index < -0.39 is 0 Å². The van der Waals surface area contributed by atoms with Crippen LogP contribution in [0.4, 0.5) is 0 Å². The second-order valence-electron chi connectivity index (χ2n) is 8.23. The largest absolute Gasteiger partial charge is 0.512 e.